The molecule has 1 unspecified atom stereocenters. The van der Waals surface area contributed by atoms with Gasteiger partial charge in [0.15, 0.2) is 0 Å². The maximum atomic E-state index is 4.11. The standard InChI is InChI=1S/C5H10S/c1-3-5(6)4-2/h3,5-6H,1,4H2,2H3. The number of hydrogen-bond donors (Lipinski definition) is 1. The molecule has 0 aromatic rings. The van der Waals surface area contributed by atoms with Crippen LogP contribution < -0.4 is 0 Å². The Morgan fingerprint density at radius 2 is 2.50 bits per heavy atom. The molecule has 1 atom stereocenters. The van der Waals surface area contributed by atoms with Crippen molar-refractivity contribution in [2.24, 2.45) is 0 Å². The summed E-state index contributed by atoms with van der Waals surface area (Å²) in [6, 6.07) is 0. The van der Waals surface area contributed by atoms with Gasteiger partial charge in [0.2, 0.25) is 0 Å². The summed E-state index contributed by atoms with van der Waals surface area (Å²) in [5, 5.41) is 0.394. The van der Waals surface area contributed by atoms with E-state index in [9.17, 15) is 0 Å². The lowest BCUT2D eigenvalue weighted by atomic mass is 10.3. The van der Waals surface area contributed by atoms with Crippen LogP contribution in [0.15, 0.2) is 12.7 Å². The third-order valence-corrected chi connectivity index (χ3v) is 1.27. The van der Waals surface area contributed by atoms with Crippen molar-refractivity contribution in [1.82, 2.24) is 0 Å². The summed E-state index contributed by atoms with van der Waals surface area (Å²) >= 11 is 4.11. The minimum atomic E-state index is 0.394. The molecule has 0 aromatic carbocycles. The van der Waals surface area contributed by atoms with E-state index in [0.717, 1.165) is 6.42 Å². The maximum Gasteiger partial charge on any atom is 0.0191 e. The largest absolute Gasteiger partial charge is 0.172 e. The van der Waals surface area contributed by atoms with Crippen LogP contribution in [0.4, 0.5) is 0 Å². The van der Waals surface area contributed by atoms with Crippen LogP contribution in [0.3, 0.4) is 0 Å². The van der Waals surface area contributed by atoms with E-state index < -0.39 is 0 Å². The molecule has 6 heavy (non-hydrogen) atoms. The van der Waals surface area contributed by atoms with Gasteiger partial charge in [-0.25, -0.2) is 0 Å². The van der Waals surface area contributed by atoms with E-state index >= 15 is 0 Å². The molecule has 0 aliphatic rings. The first-order valence-electron chi connectivity index (χ1n) is 2.12. The Morgan fingerprint density at radius 3 is 2.50 bits per heavy atom. The second kappa shape index (κ2) is 3.29. The topological polar surface area (TPSA) is 0 Å². The molecule has 0 aliphatic carbocycles. The Morgan fingerprint density at radius 1 is 2.00 bits per heavy atom. The molecule has 0 spiro atoms. The van der Waals surface area contributed by atoms with Gasteiger partial charge in [-0.2, -0.15) is 12.6 Å². The number of thiol groups is 1. The molecule has 0 fully saturated rings. The zero-order valence-electron chi connectivity index (χ0n) is 4.02. The van der Waals surface area contributed by atoms with E-state index in [1.165, 1.54) is 0 Å². The summed E-state index contributed by atoms with van der Waals surface area (Å²) in [7, 11) is 0. The van der Waals surface area contributed by atoms with Gasteiger partial charge in [0.1, 0.15) is 0 Å². The average Bonchev–Trinajstić information content (AvgIpc) is 1.65. The Hall–Kier alpha value is 0.0900. The number of hydrogen-bond acceptors (Lipinski definition) is 1. The Kier molecular flexibility index (Phi) is 3.34. The molecule has 0 aromatic heterocycles. The fourth-order valence-corrected chi connectivity index (χ4v) is 0.167. The molecule has 0 nitrogen and oxygen atoms in total. The fourth-order valence-electron chi connectivity index (χ4n) is 0.167. The van der Waals surface area contributed by atoms with E-state index in [2.05, 4.69) is 26.1 Å². The zero-order valence-corrected chi connectivity index (χ0v) is 4.91. The molecule has 0 saturated heterocycles. The van der Waals surface area contributed by atoms with E-state index in [0.29, 0.717) is 5.25 Å². The van der Waals surface area contributed by atoms with Crippen LogP contribution in [0.2, 0.25) is 0 Å². The first-order valence-corrected chi connectivity index (χ1v) is 2.63. The molecule has 0 radical (unpaired) electrons. The molecule has 0 saturated carbocycles. The minimum absolute atomic E-state index is 0.394. The van der Waals surface area contributed by atoms with Crippen molar-refractivity contribution in [1.29, 1.82) is 0 Å². The molecule has 0 bridgehead atoms. The monoisotopic (exact) mass is 102 g/mol. The SMILES string of the molecule is C=CC(S)CC. The highest BCUT2D eigenvalue weighted by Crippen LogP contribution is 1.98. The van der Waals surface area contributed by atoms with Crippen molar-refractivity contribution in [2.75, 3.05) is 0 Å². The lowest BCUT2D eigenvalue weighted by molar-refractivity contribution is 0.986. The highest BCUT2D eigenvalue weighted by Gasteiger charge is 1.85. The summed E-state index contributed by atoms with van der Waals surface area (Å²) in [5.74, 6) is 0. The Bertz CT molecular complexity index is 41.2. The first kappa shape index (κ1) is 6.09. The lowest BCUT2D eigenvalue weighted by Gasteiger charge is -1.93. The quantitative estimate of drug-likeness (QED) is 0.399. The summed E-state index contributed by atoms with van der Waals surface area (Å²) in [5.41, 5.74) is 0. The van der Waals surface area contributed by atoms with Crippen LogP contribution in [0.5, 0.6) is 0 Å². The first-order chi connectivity index (χ1) is 2.81. The third kappa shape index (κ3) is 2.33. The van der Waals surface area contributed by atoms with Crippen molar-refractivity contribution in [3.63, 3.8) is 0 Å². The molecule has 36 valence electrons. The third-order valence-electron chi connectivity index (χ3n) is 0.690. The molecule has 0 amide bonds. The van der Waals surface area contributed by atoms with Gasteiger partial charge in [-0.3, -0.25) is 0 Å². The summed E-state index contributed by atoms with van der Waals surface area (Å²) < 4.78 is 0. The van der Waals surface area contributed by atoms with Gasteiger partial charge in [-0.1, -0.05) is 13.0 Å². The summed E-state index contributed by atoms with van der Waals surface area (Å²) in [6.07, 6.45) is 2.91. The number of rotatable bonds is 2. The smallest absolute Gasteiger partial charge is 0.0191 e. The maximum absolute atomic E-state index is 4.11. The lowest BCUT2D eigenvalue weighted by Crippen LogP contribution is -1.85. The van der Waals surface area contributed by atoms with E-state index in [-0.39, 0.29) is 0 Å². The van der Waals surface area contributed by atoms with Gasteiger partial charge in [-0.15, -0.1) is 6.58 Å². The van der Waals surface area contributed by atoms with Crippen molar-refractivity contribution >= 4 is 12.6 Å². The van der Waals surface area contributed by atoms with E-state index in [1.807, 2.05) is 6.08 Å². The van der Waals surface area contributed by atoms with Crippen LogP contribution in [0.25, 0.3) is 0 Å². The highest BCUT2D eigenvalue weighted by atomic mass is 32.1. The van der Waals surface area contributed by atoms with Crippen LogP contribution in [-0.2, 0) is 0 Å². The molecule has 0 rings (SSSR count). The zero-order chi connectivity index (χ0) is 4.99. The Labute approximate surface area is 44.7 Å². The van der Waals surface area contributed by atoms with Gasteiger partial charge < -0.3 is 0 Å². The molecule has 0 heterocycles. The van der Waals surface area contributed by atoms with Gasteiger partial charge in [0.25, 0.3) is 0 Å². The molecular formula is C5H10S. The molecule has 1 heteroatoms. The van der Waals surface area contributed by atoms with Crippen LogP contribution in [-0.4, -0.2) is 5.25 Å². The summed E-state index contributed by atoms with van der Waals surface area (Å²) in [6.45, 7) is 5.64. The molecule has 0 aliphatic heterocycles. The normalized spacial score (nSPS) is 13.7. The second-order valence-electron chi connectivity index (χ2n) is 1.21. The van der Waals surface area contributed by atoms with Gasteiger partial charge in [0, 0.05) is 5.25 Å². The average molecular weight is 102 g/mol. The predicted molar refractivity (Wildman–Crippen MR) is 33.3 cm³/mol. The highest BCUT2D eigenvalue weighted by molar-refractivity contribution is 7.81. The molecular weight excluding hydrogens is 92.1 g/mol. The van der Waals surface area contributed by atoms with Crippen molar-refractivity contribution in [2.45, 2.75) is 18.6 Å². The van der Waals surface area contributed by atoms with Crippen LogP contribution >= 0.6 is 12.6 Å². The molecule has 0 N–H and O–H groups in total. The van der Waals surface area contributed by atoms with Crippen molar-refractivity contribution in [3.05, 3.63) is 12.7 Å². The van der Waals surface area contributed by atoms with E-state index in [4.69, 9.17) is 0 Å². The van der Waals surface area contributed by atoms with Crippen LogP contribution in [0.1, 0.15) is 13.3 Å². The van der Waals surface area contributed by atoms with Gasteiger partial charge in [-0.05, 0) is 6.42 Å². The van der Waals surface area contributed by atoms with Gasteiger partial charge in [0.05, 0.1) is 0 Å². The second-order valence-corrected chi connectivity index (χ2v) is 1.87. The predicted octanol–water partition coefficient (Wildman–Crippen LogP) is 1.88. The van der Waals surface area contributed by atoms with Crippen LogP contribution in [0, 0.1) is 0 Å². The van der Waals surface area contributed by atoms with E-state index in [1.54, 1.807) is 0 Å². The Balaban J connectivity index is 2.96. The van der Waals surface area contributed by atoms with Crippen molar-refractivity contribution in [3.8, 4) is 0 Å². The van der Waals surface area contributed by atoms with Crippen molar-refractivity contribution < 1.29 is 0 Å². The fraction of sp³-hybridized carbons (Fsp3) is 0.600. The summed E-state index contributed by atoms with van der Waals surface area (Å²) in [4.78, 5) is 0. The van der Waals surface area contributed by atoms with Gasteiger partial charge >= 0.3 is 0 Å². The minimum Gasteiger partial charge on any atom is -0.172 e.